The van der Waals surface area contributed by atoms with Crippen LogP contribution < -0.4 is 31.6 Å². The number of hydrogen-bond donors (Lipinski definition) is 4. The number of rotatable bonds is 21. The number of amides is 4. The lowest BCUT2D eigenvalue weighted by atomic mass is 10.1. The number of benzene rings is 2. The van der Waals surface area contributed by atoms with Crippen molar-refractivity contribution in [2.24, 2.45) is 11.5 Å². The van der Waals surface area contributed by atoms with Crippen LogP contribution in [0.2, 0.25) is 0 Å². The maximum absolute atomic E-state index is 13.7. The fourth-order valence-electron chi connectivity index (χ4n) is 7.85. The molecule has 6 N–H and O–H groups in total. The van der Waals surface area contributed by atoms with Crippen LogP contribution in [0.1, 0.15) is 82.1 Å². The molecular weight excluding hydrogens is 863 g/mol. The molecule has 7 aromatic rings. The summed E-state index contributed by atoms with van der Waals surface area (Å²) in [6.45, 7) is 9.53. The quantitative estimate of drug-likeness (QED) is 0.0437. The van der Waals surface area contributed by atoms with E-state index in [0.717, 1.165) is 11.4 Å². The summed E-state index contributed by atoms with van der Waals surface area (Å²) in [5, 5.41) is 16.1. The van der Waals surface area contributed by atoms with Gasteiger partial charge in [-0.1, -0.05) is 12.2 Å². The summed E-state index contributed by atoms with van der Waals surface area (Å²) in [7, 11) is 2.77. The van der Waals surface area contributed by atoms with Crippen LogP contribution in [0.15, 0.2) is 54.7 Å². The van der Waals surface area contributed by atoms with Gasteiger partial charge in [0.1, 0.15) is 34.1 Å². The van der Waals surface area contributed by atoms with Gasteiger partial charge in [-0.2, -0.15) is 10.2 Å². The first-order valence-corrected chi connectivity index (χ1v) is 21.8. The highest BCUT2D eigenvalue weighted by atomic mass is 16.5. The Morgan fingerprint density at radius 3 is 2.15 bits per heavy atom. The number of aryl methyl sites for hydroxylation is 4. The third-order valence-electron chi connectivity index (χ3n) is 11.0. The second kappa shape index (κ2) is 20.4. The first kappa shape index (κ1) is 46.9. The highest BCUT2D eigenvalue weighted by molar-refractivity contribution is 6.12. The number of nitrogens with one attached hydrogen (secondary N) is 2. The number of esters is 1. The molecule has 4 amide bonds. The minimum absolute atomic E-state index is 0.149. The second-order valence-electron chi connectivity index (χ2n) is 15.6. The Bertz CT molecular complexity index is 3070. The zero-order valence-electron chi connectivity index (χ0n) is 38.2. The summed E-state index contributed by atoms with van der Waals surface area (Å²) in [5.41, 5.74) is 16.5. The van der Waals surface area contributed by atoms with Crippen molar-refractivity contribution in [2.45, 2.75) is 79.6 Å². The molecule has 0 bridgehead atoms. The minimum atomic E-state index is -0.669. The molecule has 0 aliphatic rings. The highest BCUT2D eigenvalue weighted by Crippen LogP contribution is 2.37. The van der Waals surface area contributed by atoms with Gasteiger partial charge in [0.05, 0.1) is 43.2 Å². The average Bonchev–Trinajstić information content (AvgIpc) is 4.07. The third-order valence-corrected chi connectivity index (χ3v) is 11.0. The van der Waals surface area contributed by atoms with Gasteiger partial charge in [0.15, 0.2) is 5.82 Å². The van der Waals surface area contributed by atoms with Crippen LogP contribution in [-0.2, 0) is 40.5 Å². The number of fused-ring (bicyclic) bond motifs is 4. The number of anilines is 1. The standard InChI is InChI=1S/C46H53N13O8/c1-7-58-33(19-26(3)54-58)43-50-25-31-30-21-28(41(47)62)24-36(67-18-12-15-49-37(60)13-11-14-38(61)66-6)39(30)56(44(31)52-43)16-9-10-17-57-40-32(22-29(42(48)63)23-35(40)65-5)51-46(57)53-45(64)34-20-27(4)55-59(34)8-2/h9-10,19-25H,7-8,11-18H2,1-6H3,(H2,47,62)(H2,48,63)(H,49,60)(H,51,53,64). The lowest BCUT2D eigenvalue weighted by Crippen LogP contribution is -2.25. The summed E-state index contributed by atoms with van der Waals surface area (Å²) < 4.78 is 23.9. The molecule has 5 aromatic heterocycles. The molecule has 0 radical (unpaired) electrons. The van der Waals surface area contributed by atoms with E-state index in [0.29, 0.717) is 94.2 Å². The summed E-state index contributed by atoms with van der Waals surface area (Å²) in [6, 6.07) is 9.95. The van der Waals surface area contributed by atoms with Gasteiger partial charge in [0, 0.05) is 73.7 Å². The monoisotopic (exact) mass is 915 g/mol. The predicted molar refractivity (Wildman–Crippen MR) is 249 cm³/mol. The van der Waals surface area contributed by atoms with Crippen LogP contribution in [0.4, 0.5) is 5.95 Å². The number of methoxy groups -OCH3 is 2. The number of carbonyl (C=O) groups is 5. The number of carbonyl (C=O) groups excluding carboxylic acids is 5. The van der Waals surface area contributed by atoms with E-state index in [1.807, 2.05) is 48.2 Å². The topological polar surface area (TPSA) is 273 Å². The van der Waals surface area contributed by atoms with Gasteiger partial charge in [-0.25, -0.2) is 15.0 Å². The van der Waals surface area contributed by atoms with Crippen molar-refractivity contribution in [2.75, 3.05) is 32.7 Å². The number of primary amides is 2. The highest BCUT2D eigenvalue weighted by Gasteiger charge is 2.23. The Morgan fingerprint density at radius 1 is 0.761 bits per heavy atom. The van der Waals surface area contributed by atoms with Crippen LogP contribution in [0.25, 0.3) is 44.5 Å². The Labute approximate surface area is 384 Å². The Balaban J connectivity index is 1.26. The van der Waals surface area contributed by atoms with E-state index in [-0.39, 0.29) is 61.5 Å². The summed E-state index contributed by atoms with van der Waals surface area (Å²) in [4.78, 5) is 77.2. The van der Waals surface area contributed by atoms with E-state index in [9.17, 15) is 24.0 Å². The molecule has 21 heteroatoms. The van der Waals surface area contributed by atoms with Crippen LogP contribution in [-0.4, -0.2) is 101 Å². The third kappa shape index (κ3) is 10.1. The molecule has 7 rings (SSSR count). The van der Waals surface area contributed by atoms with Crippen molar-refractivity contribution in [3.63, 3.8) is 0 Å². The maximum Gasteiger partial charge on any atom is 0.305 e. The number of imidazole rings is 1. The largest absolute Gasteiger partial charge is 0.494 e. The fourth-order valence-corrected chi connectivity index (χ4v) is 7.85. The summed E-state index contributed by atoms with van der Waals surface area (Å²) in [6.07, 6.45) is 6.63. The van der Waals surface area contributed by atoms with Crippen LogP contribution in [0, 0.1) is 13.8 Å². The molecule has 0 spiro atoms. The van der Waals surface area contributed by atoms with Gasteiger partial charge in [-0.05, 0) is 76.9 Å². The Morgan fingerprint density at radius 2 is 1.45 bits per heavy atom. The molecular formula is C46H53N13O8. The fraction of sp³-hybridized carbons (Fsp3) is 0.348. The number of hydrogen-bond acceptors (Lipinski definition) is 13. The molecule has 0 saturated heterocycles. The zero-order valence-corrected chi connectivity index (χ0v) is 38.2. The first-order chi connectivity index (χ1) is 32.2. The molecule has 0 fully saturated rings. The molecule has 5 heterocycles. The number of nitrogens with two attached hydrogens (primary N) is 2. The normalized spacial score (nSPS) is 11.5. The molecule has 0 aliphatic carbocycles. The van der Waals surface area contributed by atoms with E-state index in [4.69, 9.17) is 35.9 Å². The molecule has 67 heavy (non-hydrogen) atoms. The van der Waals surface area contributed by atoms with E-state index in [1.165, 1.54) is 20.3 Å². The van der Waals surface area contributed by atoms with Crippen molar-refractivity contribution in [1.82, 2.24) is 49.0 Å². The van der Waals surface area contributed by atoms with Crippen molar-refractivity contribution in [3.05, 3.63) is 83.0 Å². The number of allylic oxidation sites excluding steroid dienone is 2. The van der Waals surface area contributed by atoms with Crippen molar-refractivity contribution < 1.29 is 38.2 Å². The Hall–Kier alpha value is -8.10. The smallest absolute Gasteiger partial charge is 0.305 e. The van der Waals surface area contributed by atoms with Gasteiger partial charge in [0.2, 0.25) is 23.7 Å². The SMILES string of the molecule is CCn1nc(C)cc1C(=O)Nc1nc2cc(C(N)=O)cc(OC)c2n1CC=CCn1c2nc(-c3cc(C)nn3CC)ncc2c2cc(C(N)=O)cc(OCCCNC(=O)CCCC(=O)OC)c21. The van der Waals surface area contributed by atoms with Crippen LogP contribution in [0.5, 0.6) is 11.5 Å². The van der Waals surface area contributed by atoms with E-state index >= 15 is 0 Å². The van der Waals surface area contributed by atoms with Crippen LogP contribution >= 0.6 is 0 Å². The lowest BCUT2D eigenvalue weighted by molar-refractivity contribution is -0.140. The minimum Gasteiger partial charge on any atom is -0.494 e. The maximum atomic E-state index is 13.7. The molecule has 0 unspecified atom stereocenters. The zero-order chi connectivity index (χ0) is 47.9. The van der Waals surface area contributed by atoms with E-state index in [2.05, 4.69) is 25.6 Å². The molecule has 0 atom stereocenters. The van der Waals surface area contributed by atoms with Crippen molar-refractivity contribution in [3.8, 4) is 23.0 Å². The molecule has 2 aromatic carbocycles. The van der Waals surface area contributed by atoms with Crippen LogP contribution in [0.3, 0.4) is 0 Å². The lowest BCUT2D eigenvalue weighted by Gasteiger charge is -2.13. The molecule has 0 aliphatic heterocycles. The average molecular weight is 916 g/mol. The van der Waals surface area contributed by atoms with Crippen molar-refractivity contribution in [1.29, 1.82) is 0 Å². The first-order valence-electron chi connectivity index (χ1n) is 21.8. The van der Waals surface area contributed by atoms with Gasteiger partial charge in [-0.3, -0.25) is 38.7 Å². The van der Waals surface area contributed by atoms with Gasteiger partial charge in [-0.15, -0.1) is 0 Å². The molecule has 21 nitrogen and oxygen atoms in total. The number of ether oxygens (including phenoxy) is 3. The van der Waals surface area contributed by atoms with Gasteiger partial charge in [0.25, 0.3) is 5.91 Å². The van der Waals surface area contributed by atoms with Gasteiger partial charge < -0.3 is 40.1 Å². The molecule has 350 valence electrons. The van der Waals surface area contributed by atoms with E-state index < -0.39 is 17.7 Å². The summed E-state index contributed by atoms with van der Waals surface area (Å²) in [5.74, 6) is -1.02. The summed E-state index contributed by atoms with van der Waals surface area (Å²) >= 11 is 0. The number of aromatic nitrogens is 9. The number of nitrogens with zero attached hydrogens (tertiary/aromatic N) is 9. The van der Waals surface area contributed by atoms with Gasteiger partial charge >= 0.3 is 5.97 Å². The molecule has 0 saturated carbocycles. The second-order valence-corrected chi connectivity index (χ2v) is 15.6. The van der Waals surface area contributed by atoms with Crippen molar-refractivity contribution >= 4 is 68.5 Å². The predicted octanol–water partition coefficient (Wildman–Crippen LogP) is 4.59. The van der Waals surface area contributed by atoms with E-state index in [1.54, 1.807) is 46.6 Å². The Kier molecular flexibility index (Phi) is 14.3.